The number of rotatable bonds is 26. The molecule has 57 heavy (non-hydrogen) atoms. The maximum atomic E-state index is 11.7. The molecule has 0 unspecified atom stereocenters. The van der Waals surface area contributed by atoms with Gasteiger partial charge >= 0.3 is 37.7 Å². The van der Waals surface area contributed by atoms with Crippen LogP contribution in [0.2, 0.25) is 0 Å². The quantitative estimate of drug-likeness (QED) is 0.0353. The van der Waals surface area contributed by atoms with Crippen LogP contribution in [-0.4, -0.2) is 63.7 Å². The van der Waals surface area contributed by atoms with Crippen molar-refractivity contribution in [2.24, 2.45) is 0 Å². The Kier molecular flexibility index (Phi) is 25.4. The van der Waals surface area contributed by atoms with Gasteiger partial charge < -0.3 is 9.11 Å². The van der Waals surface area contributed by atoms with E-state index in [9.17, 15) is 25.9 Å². The number of unbranched alkanes of at least 4 members (excludes halogenated alkanes) is 16. The molecule has 0 radical (unpaired) electrons. The molecule has 0 saturated carbocycles. The average Bonchev–Trinajstić information content (AvgIpc) is 3.17. The molecule has 0 amide bonds. The summed E-state index contributed by atoms with van der Waals surface area (Å²) in [6.07, 6.45) is 27.1. The topological polar surface area (TPSA) is 114 Å². The van der Waals surface area contributed by atoms with Gasteiger partial charge in [0.15, 0.2) is 0 Å². The van der Waals surface area contributed by atoms with Gasteiger partial charge in [0.2, 0.25) is 0 Å². The predicted molar refractivity (Wildman–Crippen MR) is 239 cm³/mol. The monoisotopic (exact) mass is 846 g/mol. The van der Waals surface area contributed by atoms with Crippen LogP contribution in [0.4, 0.5) is 0 Å². The summed E-state index contributed by atoms with van der Waals surface area (Å²) in [4.78, 5) is -0.163. The molecule has 6 nitrogen and oxygen atoms in total. The molecule has 0 aliphatic heterocycles. The molecular weight excluding hydrogens is 777 g/mol. The standard InChI is InChI=1S/2C24H36O3S.Ca/c2*1-3-5-7-9-11-14-20-16-13-17-23-21(15-12-10-8-6-4-2)18-22(19-24(20)23)28(25,26)27;/h2*13,16-19H,3-12,14-15H2,1-2H3,(H,25,26,27);/q;;+2/p-2. The Balaban J connectivity index is 0.000000387. The van der Waals surface area contributed by atoms with E-state index < -0.39 is 20.2 Å². The molecule has 4 aromatic carbocycles. The molecule has 4 aromatic rings. The fraction of sp³-hybridized carbons (Fsp3) is 0.583. The second-order valence-electron chi connectivity index (χ2n) is 15.8. The van der Waals surface area contributed by atoms with Crippen molar-refractivity contribution >= 4 is 79.5 Å². The van der Waals surface area contributed by atoms with Gasteiger partial charge in [-0.05, 0) is 119 Å². The smallest absolute Gasteiger partial charge is 0.744 e. The SMILES string of the molecule is CCCCCCCc1cc(S(=O)(=O)[O-])cc2c(CCCCCCC)cccc12.CCCCCCCc1cc(S(=O)(=O)[O-])cc2c(CCCCCCC)cccc12.[Ca+2]. The second kappa shape index (κ2) is 28.1. The second-order valence-corrected chi connectivity index (χ2v) is 18.5. The van der Waals surface area contributed by atoms with Crippen LogP contribution in [0.15, 0.2) is 70.5 Å². The zero-order chi connectivity index (χ0) is 40.8. The molecule has 0 atom stereocenters. The van der Waals surface area contributed by atoms with Gasteiger partial charge in [0.05, 0.1) is 9.79 Å². The summed E-state index contributed by atoms with van der Waals surface area (Å²) in [6.45, 7) is 8.80. The first kappa shape index (κ1) is 51.6. The van der Waals surface area contributed by atoms with Crippen molar-refractivity contribution in [3.63, 3.8) is 0 Å². The number of aryl methyl sites for hydroxylation is 4. The van der Waals surface area contributed by atoms with E-state index in [0.29, 0.717) is 0 Å². The summed E-state index contributed by atoms with van der Waals surface area (Å²) in [5, 5.41) is 4.10. The summed E-state index contributed by atoms with van der Waals surface area (Å²) in [5.74, 6) is 0. The molecule has 0 spiro atoms. The van der Waals surface area contributed by atoms with E-state index in [1.54, 1.807) is 24.3 Å². The maximum absolute atomic E-state index is 11.7. The molecule has 0 aliphatic carbocycles. The normalized spacial score (nSPS) is 11.8. The van der Waals surface area contributed by atoms with Gasteiger partial charge in [0.1, 0.15) is 20.2 Å². The van der Waals surface area contributed by atoms with Crippen LogP contribution in [-0.2, 0) is 45.9 Å². The minimum absolute atomic E-state index is 0. The van der Waals surface area contributed by atoms with E-state index in [0.717, 1.165) is 108 Å². The van der Waals surface area contributed by atoms with Gasteiger partial charge in [-0.1, -0.05) is 167 Å². The number of hydrogen-bond acceptors (Lipinski definition) is 6. The number of hydrogen-bond donors (Lipinski definition) is 0. The molecular formula is C48H70CaO6S2. The Morgan fingerprint density at radius 2 is 0.649 bits per heavy atom. The van der Waals surface area contributed by atoms with E-state index in [1.807, 2.05) is 0 Å². The third kappa shape index (κ3) is 18.3. The van der Waals surface area contributed by atoms with Gasteiger partial charge in [-0.2, -0.15) is 0 Å². The zero-order valence-electron chi connectivity index (χ0n) is 35.7. The van der Waals surface area contributed by atoms with Crippen LogP contribution in [0.3, 0.4) is 0 Å². The fourth-order valence-corrected chi connectivity index (χ4v) is 8.91. The van der Waals surface area contributed by atoms with E-state index >= 15 is 0 Å². The molecule has 312 valence electrons. The Morgan fingerprint density at radius 1 is 0.368 bits per heavy atom. The minimum Gasteiger partial charge on any atom is -0.744 e. The van der Waals surface area contributed by atoms with Crippen molar-refractivity contribution < 1.29 is 25.9 Å². The third-order valence-corrected chi connectivity index (χ3v) is 12.7. The summed E-state index contributed by atoms with van der Waals surface area (Å²) < 4.78 is 70.4. The Hall–Kier alpha value is -1.52. The van der Waals surface area contributed by atoms with Crippen LogP contribution in [0, 0.1) is 0 Å². The Labute approximate surface area is 376 Å². The minimum atomic E-state index is -4.46. The molecule has 9 heteroatoms. The molecule has 4 rings (SSSR count). The van der Waals surface area contributed by atoms with Crippen molar-refractivity contribution in [1.29, 1.82) is 0 Å². The molecule has 0 saturated heterocycles. The number of benzene rings is 4. The van der Waals surface area contributed by atoms with Gasteiger partial charge in [-0.15, -0.1) is 0 Å². The van der Waals surface area contributed by atoms with E-state index in [2.05, 4.69) is 64.1 Å². The largest absolute Gasteiger partial charge is 2.00 e. The van der Waals surface area contributed by atoms with E-state index in [4.69, 9.17) is 0 Å². The van der Waals surface area contributed by atoms with Gasteiger partial charge in [-0.3, -0.25) is 0 Å². The maximum Gasteiger partial charge on any atom is 2.00 e. The Morgan fingerprint density at radius 3 is 0.930 bits per heavy atom. The van der Waals surface area contributed by atoms with Crippen molar-refractivity contribution in [1.82, 2.24) is 0 Å². The fourth-order valence-electron chi connectivity index (χ4n) is 7.81. The van der Waals surface area contributed by atoms with Crippen LogP contribution in [0.25, 0.3) is 21.5 Å². The van der Waals surface area contributed by atoms with Crippen LogP contribution >= 0.6 is 0 Å². The molecule has 0 aliphatic rings. The zero-order valence-corrected chi connectivity index (χ0v) is 39.6. The summed E-state index contributed by atoms with van der Waals surface area (Å²) in [5.41, 5.74) is 4.31. The first-order chi connectivity index (χ1) is 26.9. The van der Waals surface area contributed by atoms with Crippen LogP contribution in [0.5, 0.6) is 0 Å². The van der Waals surface area contributed by atoms with Crippen molar-refractivity contribution in [3.8, 4) is 0 Å². The summed E-state index contributed by atoms with van der Waals surface area (Å²) >= 11 is 0. The molecule has 0 fully saturated rings. The predicted octanol–water partition coefficient (Wildman–Crippen LogP) is 13.2. The van der Waals surface area contributed by atoms with Gasteiger partial charge in [0, 0.05) is 0 Å². The first-order valence-corrected chi connectivity index (χ1v) is 24.8. The van der Waals surface area contributed by atoms with Crippen LogP contribution < -0.4 is 0 Å². The molecule has 0 heterocycles. The van der Waals surface area contributed by atoms with Crippen molar-refractivity contribution in [3.05, 3.63) is 82.9 Å². The van der Waals surface area contributed by atoms with Gasteiger partial charge in [0.25, 0.3) is 0 Å². The summed E-state index contributed by atoms with van der Waals surface area (Å²) in [7, 11) is -8.91. The van der Waals surface area contributed by atoms with Crippen LogP contribution in [0.1, 0.15) is 178 Å². The van der Waals surface area contributed by atoms with E-state index in [-0.39, 0.29) is 47.5 Å². The average molecular weight is 847 g/mol. The molecule has 0 N–H and O–H groups in total. The molecule has 0 bridgehead atoms. The van der Waals surface area contributed by atoms with E-state index in [1.165, 1.54) is 89.9 Å². The van der Waals surface area contributed by atoms with Crippen molar-refractivity contribution in [2.45, 2.75) is 192 Å². The molecule has 0 aromatic heterocycles. The summed E-state index contributed by atoms with van der Waals surface area (Å²) in [6, 6.07) is 18.8. The number of fused-ring (bicyclic) bond motifs is 2. The van der Waals surface area contributed by atoms with Gasteiger partial charge in [-0.25, -0.2) is 16.8 Å². The third-order valence-electron chi connectivity index (χ3n) is 11.1. The van der Waals surface area contributed by atoms with Crippen molar-refractivity contribution in [2.75, 3.05) is 0 Å². The Bertz CT molecular complexity index is 1830. The first-order valence-electron chi connectivity index (χ1n) is 21.9.